The Balaban J connectivity index is 1.57. The first-order valence-corrected chi connectivity index (χ1v) is 7.55. The molecule has 3 rings (SSSR count). The summed E-state index contributed by atoms with van der Waals surface area (Å²) >= 11 is 0. The van der Waals surface area contributed by atoms with E-state index in [1.807, 2.05) is 58.9 Å². The van der Waals surface area contributed by atoms with Gasteiger partial charge in [-0.2, -0.15) is 10.2 Å². The lowest BCUT2D eigenvalue weighted by atomic mass is 10.2. The number of nitrogens with zero attached hydrogens (tertiary/aromatic N) is 4. The van der Waals surface area contributed by atoms with E-state index in [-0.39, 0.29) is 5.91 Å². The summed E-state index contributed by atoms with van der Waals surface area (Å²) in [7, 11) is 0. The van der Waals surface area contributed by atoms with E-state index >= 15 is 0 Å². The van der Waals surface area contributed by atoms with Crippen LogP contribution in [0.1, 0.15) is 17.7 Å². The average Bonchev–Trinajstić information content (AvgIpc) is 3.17. The number of benzene rings is 1. The number of carbonyl (C=O) groups is 1. The Morgan fingerprint density at radius 2 is 2.09 bits per heavy atom. The normalized spacial score (nSPS) is 10.7. The zero-order chi connectivity index (χ0) is 16.1. The van der Waals surface area contributed by atoms with Crippen LogP contribution in [-0.4, -0.2) is 25.5 Å². The van der Waals surface area contributed by atoms with Gasteiger partial charge in [0.25, 0.3) is 0 Å². The highest BCUT2D eigenvalue weighted by Gasteiger charge is 2.05. The molecular formula is C17H19N5O. The molecule has 0 aliphatic heterocycles. The van der Waals surface area contributed by atoms with Crippen molar-refractivity contribution in [3.05, 3.63) is 66.2 Å². The third kappa shape index (κ3) is 4.06. The second kappa shape index (κ2) is 6.91. The van der Waals surface area contributed by atoms with Gasteiger partial charge in [0.05, 0.1) is 6.54 Å². The molecule has 3 aromatic rings. The molecule has 0 aliphatic rings. The van der Waals surface area contributed by atoms with Gasteiger partial charge in [-0.1, -0.05) is 12.1 Å². The maximum Gasteiger partial charge on any atom is 0.226 e. The SMILES string of the molecule is Cc1ccnn1CCC(=O)Nc1cccc(Cn2cccn2)c1. The first-order chi connectivity index (χ1) is 11.2. The minimum absolute atomic E-state index is 0.0175. The predicted molar refractivity (Wildman–Crippen MR) is 88.0 cm³/mol. The van der Waals surface area contributed by atoms with Gasteiger partial charge in [-0.3, -0.25) is 14.2 Å². The molecule has 1 aromatic carbocycles. The molecule has 0 atom stereocenters. The highest BCUT2D eigenvalue weighted by molar-refractivity contribution is 5.90. The molecule has 1 amide bonds. The fourth-order valence-corrected chi connectivity index (χ4v) is 2.39. The van der Waals surface area contributed by atoms with Gasteiger partial charge in [-0.05, 0) is 36.8 Å². The van der Waals surface area contributed by atoms with E-state index < -0.39 is 0 Å². The molecule has 2 heterocycles. The molecule has 6 heteroatoms. The lowest BCUT2D eigenvalue weighted by molar-refractivity contribution is -0.116. The monoisotopic (exact) mass is 309 g/mol. The smallest absolute Gasteiger partial charge is 0.226 e. The third-order valence-electron chi connectivity index (χ3n) is 3.59. The van der Waals surface area contributed by atoms with Crippen molar-refractivity contribution in [2.45, 2.75) is 26.4 Å². The minimum atomic E-state index is -0.0175. The van der Waals surface area contributed by atoms with Gasteiger partial charge in [0.1, 0.15) is 0 Å². The van der Waals surface area contributed by atoms with Crippen molar-refractivity contribution in [1.29, 1.82) is 0 Å². The first kappa shape index (κ1) is 15.0. The van der Waals surface area contributed by atoms with Gasteiger partial charge < -0.3 is 5.32 Å². The highest BCUT2D eigenvalue weighted by Crippen LogP contribution is 2.12. The zero-order valence-electron chi connectivity index (χ0n) is 13.0. The summed E-state index contributed by atoms with van der Waals surface area (Å²) in [4.78, 5) is 12.1. The molecule has 118 valence electrons. The number of aryl methyl sites for hydroxylation is 2. The first-order valence-electron chi connectivity index (χ1n) is 7.55. The zero-order valence-corrected chi connectivity index (χ0v) is 13.0. The van der Waals surface area contributed by atoms with Gasteiger partial charge in [-0.15, -0.1) is 0 Å². The van der Waals surface area contributed by atoms with E-state index in [0.29, 0.717) is 19.5 Å². The number of anilines is 1. The van der Waals surface area contributed by atoms with Crippen LogP contribution in [0.4, 0.5) is 5.69 Å². The Kier molecular flexibility index (Phi) is 4.52. The second-order valence-electron chi connectivity index (χ2n) is 5.40. The molecule has 0 spiro atoms. The van der Waals surface area contributed by atoms with E-state index in [4.69, 9.17) is 0 Å². The summed E-state index contributed by atoms with van der Waals surface area (Å²) < 4.78 is 3.68. The number of carbonyl (C=O) groups excluding carboxylic acids is 1. The van der Waals surface area contributed by atoms with Crippen molar-refractivity contribution in [3.63, 3.8) is 0 Å². The van der Waals surface area contributed by atoms with Gasteiger partial charge in [-0.25, -0.2) is 0 Å². The van der Waals surface area contributed by atoms with Crippen molar-refractivity contribution in [1.82, 2.24) is 19.6 Å². The lowest BCUT2D eigenvalue weighted by Crippen LogP contribution is -2.15. The van der Waals surface area contributed by atoms with Gasteiger partial charge in [0, 0.05) is 42.9 Å². The minimum Gasteiger partial charge on any atom is -0.326 e. The molecular weight excluding hydrogens is 290 g/mol. The van der Waals surface area contributed by atoms with E-state index in [2.05, 4.69) is 15.5 Å². The second-order valence-corrected chi connectivity index (χ2v) is 5.40. The number of nitrogens with one attached hydrogen (secondary N) is 1. The van der Waals surface area contributed by atoms with Gasteiger partial charge in [0.2, 0.25) is 5.91 Å². The lowest BCUT2D eigenvalue weighted by Gasteiger charge is -2.08. The molecule has 0 saturated heterocycles. The van der Waals surface area contributed by atoms with E-state index in [1.54, 1.807) is 12.4 Å². The molecule has 0 bridgehead atoms. The van der Waals surface area contributed by atoms with Gasteiger partial charge in [0.15, 0.2) is 0 Å². The van der Waals surface area contributed by atoms with Crippen LogP contribution in [0.5, 0.6) is 0 Å². The van der Waals surface area contributed by atoms with Crippen LogP contribution < -0.4 is 5.32 Å². The predicted octanol–water partition coefficient (Wildman–Crippen LogP) is 2.47. The van der Waals surface area contributed by atoms with E-state index in [9.17, 15) is 4.79 Å². The van der Waals surface area contributed by atoms with Crippen molar-refractivity contribution >= 4 is 11.6 Å². The Morgan fingerprint density at radius 3 is 2.83 bits per heavy atom. The summed E-state index contributed by atoms with van der Waals surface area (Å²) in [5.41, 5.74) is 2.95. The quantitative estimate of drug-likeness (QED) is 0.760. The van der Waals surface area contributed by atoms with Crippen LogP contribution >= 0.6 is 0 Å². The number of rotatable bonds is 6. The maximum atomic E-state index is 12.1. The summed E-state index contributed by atoms with van der Waals surface area (Å²) in [6, 6.07) is 11.6. The fraction of sp³-hybridized carbons (Fsp3) is 0.235. The van der Waals surface area contributed by atoms with E-state index in [0.717, 1.165) is 16.9 Å². The Hall–Kier alpha value is -2.89. The van der Waals surface area contributed by atoms with E-state index in [1.165, 1.54) is 0 Å². The number of hydrogen-bond acceptors (Lipinski definition) is 3. The Bertz CT molecular complexity index is 776. The topological polar surface area (TPSA) is 64.7 Å². The largest absolute Gasteiger partial charge is 0.326 e. The average molecular weight is 309 g/mol. The summed E-state index contributed by atoms with van der Waals surface area (Å²) in [5, 5.41) is 11.3. The molecule has 23 heavy (non-hydrogen) atoms. The fourth-order valence-electron chi connectivity index (χ4n) is 2.39. The van der Waals surface area contributed by atoms with Crippen LogP contribution in [0, 0.1) is 6.92 Å². The van der Waals surface area contributed by atoms with Crippen LogP contribution in [0.15, 0.2) is 55.0 Å². The highest BCUT2D eigenvalue weighted by atomic mass is 16.1. The van der Waals surface area contributed by atoms with Crippen molar-refractivity contribution in [3.8, 4) is 0 Å². The Labute approximate surface area is 134 Å². The van der Waals surface area contributed by atoms with Crippen LogP contribution in [-0.2, 0) is 17.9 Å². The molecule has 0 saturated carbocycles. The standard InChI is InChI=1S/C17H19N5O/c1-14-6-9-19-22(14)11-7-17(23)20-16-5-2-4-15(12-16)13-21-10-3-8-18-21/h2-6,8-10,12H,7,11,13H2,1H3,(H,20,23). The summed E-state index contributed by atoms with van der Waals surface area (Å²) in [6.07, 6.45) is 5.80. The number of amides is 1. The molecule has 6 nitrogen and oxygen atoms in total. The van der Waals surface area contributed by atoms with Crippen LogP contribution in [0.25, 0.3) is 0 Å². The molecule has 0 fully saturated rings. The molecule has 0 radical (unpaired) electrons. The molecule has 1 N–H and O–H groups in total. The summed E-state index contributed by atoms with van der Waals surface area (Å²) in [6.45, 7) is 3.24. The molecule has 0 unspecified atom stereocenters. The van der Waals surface area contributed by atoms with Crippen LogP contribution in [0.3, 0.4) is 0 Å². The summed E-state index contributed by atoms with van der Waals surface area (Å²) in [5.74, 6) is -0.0175. The van der Waals surface area contributed by atoms with Gasteiger partial charge >= 0.3 is 0 Å². The van der Waals surface area contributed by atoms with Crippen molar-refractivity contribution < 1.29 is 4.79 Å². The number of aromatic nitrogens is 4. The van der Waals surface area contributed by atoms with Crippen molar-refractivity contribution in [2.75, 3.05) is 5.32 Å². The maximum absolute atomic E-state index is 12.1. The van der Waals surface area contributed by atoms with Crippen molar-refractivity contribution in [2.24, 2.45) is 0 Å². The number of hydrogen-bond donors (Lipinski definition) is 1. The third-order valence-corrected chi connectivity index (χ3v) is 3.59. The molecule has 2 aromatic heterocycles. The van der Waals surface area contributed by atoms with Crippen LogP contribution in [0.2, 0.25) is 0 Å². The Morgan fingerprint density at radius 1 is 1.17 bits per heavy atom. The molecule has 0 aliphatic carbocycles.